The van der Waals surface area contributed by atoms with Crippen molar-refractivity contribution < 1.29 is 19.8 Å². The molecule has 0 aliphatic rings. The number of nitrogens with two attached hydrogens (primary N) is 2. The van der Waals surface area contributed by atoms with Crippen LogP contribution in [0.25, 0.3) is 0 Å². The fourth-order valence-corrected chi connectivity index (χ4v) is 1.43. The minimum atomic E-state index is -1.22. The fourth-order valence-electron chi connectivity index (χ4n) is 1.43. The molecule has 0 spiro atoms. The quantitative estimate of drug-likeness (QED) is 0.280. The molecular weight excluding hydrogens is 300 g/mol. The van der Waals surface area contributed by atoms with Crippen LogP contribution in [0.3, 0.4) is 0 Å². The molecule has 0 bridgehead atoms. The zero-order chi connectivity index (χ0) is 17.5. The van der Waals surface area contributed by atoms with Gasteiger partial charge < -0.3 is 10.2 Å². The van der Waals surface area contributed by atoms with E-state index in [9.17, 15) is 0 Å². The number of hydrazine groups is 2. The van der Waals surface area contributed by atoms with Gasteiger partial charge in [0, 0.05) is 0 Å². The van der Waals surface area contributed by atoms with E-state index in [-0.39, 0.29) is 0 Å². The van der Waals surface area contributed by atoms with Gasteiger partial charge in [-0.25, -0.2) is 21.3 Å². The Balaban J connectivity index is 0.000000406. The van der Waals surface area contributed by atoms with Crippen molar-refractivity contribution in [3.63, 3.8) is 0 Å². The summed E-state index contributed by atoms with van der Waals surface area (Å²) >= 11 is 0. The van der Waals surface area contributed by atoms with Gasteiger partial charge in [0.15, 0.2) is 0 Å². The fraction of sp³-hybridized carbons (Fsp3) is 0.0667. The van der Waals surface area contributed by atoms with Gasteiger partial charge in [0.25, 0.3) is 0 Å². The first-order chi connectivity index (χ1) is 11.0. The van der Waals surface area contributed by atoms with Crippen LogP contribution in [-0.2, 0) is 6.42 Å². The first kappa shape index (κ1) is 19.9. The molecule has 23 heavy (non-hydrogen) atoms. The summed E-state index contributed by atoms with van der Waals surface area (Å²) in [7, 11) is 0. The number of nitrogens with one attached hydrogen (secondary N) is 2. The molecular formula is C15H20N4O4. The number of hydrogen-bond donors (Lipinski definition) is 6. The maximum atomic E-state index is 9.13. The lowest BCUT2D eigenvalue weighted by Gasteiger charge is -2.00. The van der Waals surface area contributed by atoms with Gasteiger partial charge in [-0.1, -0.05) is 60.7 Å². The average molecular weight is 320 g/mol. The Morgan fingerprint density at radius 3 is 1.22 bits per heavy atom. The minimum Gasteiger partial charge on any atom is -0.464 e. The van der Waals surface area contributed by atoms with Crippen molar-refractivity contribution in [2.24, 2.45) is 11.7 Å². The molecule has 2 rings (SSSR count). The van der Waals surface area contributed by atoms with Crippen LogP contribution in [0.5, 0.6) is 0 Å². The molecule has 0 aliphatic carbocycles. The molecule has 0 heterocycles. The third-order valence-electron chi connectivity index (χ3n) is 2.34. The van der Waals surface area contributed by atoms with E-state index in [1.165, 1.54) is 22.0 Å². The SMILES string of the molecule is NNC(=O)O.NNC(=O)O.c1ccc(Cc2ccccc2)cc1. The summed E-state index contributed by atoms with van der Waals surface area (Å²) in [4.78, 5) is 18.3. The van der Waals surface area contributed by atoms with Crippen LogP contribution in [0.2, 0.25) is 0 Å². The number of amides is 2. The van der Waals surface area contributed by atoms with E-state index in [1.54, 1.807) is 0 Å². The summed E-state index contributed by atoms with van der Waals surface area (Å²) < 4.78 is 0. The summed E-state index contributed by atoms with van der Waals surface area (Å²) in [5.41, 5.74) is 5.63. The van der Waals surface area contributed by atoms with Crippen LogP contribution in [0.15, 0.2) is 60.7 Å². The summed E-state index contributed by atoms with van der Waals surface area (Å²) in [6.45, 7) is 0. The van der Waals surface area contributed by atoms with Gasteiger partial charge in [-0.05, 0) is 17.5 Å². The molecule has 2 aromatic carbocycles. The van der Waals surface area contributed by atoms with E-state index in [0.29, 0.717) is 0 Å². The van der Waals surface area contributed by atoms with Crippen molar-refractivity contribution in [2.45, 2.75) is 6.42 Å². The van der Waals surface area contributed by atoms with Gasteiger partial charge in [-0.3, -0.25) is 10.9 Å². The Kier molecular flexibility index (Phi) is 10.9. The maximum Gasteiger partial charge on any atom is 0.418 e. The van der Waals surface area contributed by atoms with Gasteiger partial charge in [-0.2, -0.15) is 0 Å². The summed E-state index contributed by atoms with van der Waals surface area (Å²) in [5, 5.41) is 15.0. The molecule has 8 N–H and O–H groups in total. The maximum absolute atomic E-state index is 9.13. The highest BCUT2D eigenvalue weighted by molar-refractivity contribution is 5.63. The van der Waals surface area contributed by atoms with E-state index in [1.807, 2.05) is 0 Å². The molecule has 2 amide bonds. The number of benzene rings is 2. The highest BCUT2D eigenvalue weighted by atomic mass is 16.4. The van der Waals surface area contributed by atoms with Gasteiger partial charge in [-0.15, -0.1) is 0 Å². The lowest BCUT2D eigenvalue weighted by molar-refractivity contribution is 0.193. The van der Waals surface area contributed by atoms with Crippen LogP contribution < -0.4 is 22.5 Å². The normalized spacial score (nSPS) is 8.43. The molecule has 0 aromatic heterocycles. The zero-order valence-corrected chi connectivity index (χ0v) is 12.3. The Hall–Kier alpha value is -3.10. The average Bonchev–Trinajstić information content (AvgIpc) is 2.58. The second kappa shape index (κ2) is 12.6. The topological polar surface area (TPSA) is 151 Å². The molecule has 0 saturated carbocycles. The van der Waals surface area contributed by atoms with E-state index in [4.69, 9.17) is 19.8 Å². The van der Waals surface area contributed by atoms with Crippen molar-refractivity contribution in [3.05, 3.63) is 71.8 Å². The molecule has 0 aliphatic heterocycles. The van der Waals surface area contributed by atoms with Crippen LogP contribution in [0.4, 0.5) is 9.59 Å². The zero-order valence-electron chi connectivity index (χ0n) is 12.3. The van der Waals surface area contributed by atoms with Gasteiger partial charge in [0.1, 0.15) is 0 Å². The molecule has 8 heteroatoms. The number of carboxylic acid groups (broad SMARTS) is 2. The summed E-state index contributed by atoms with van der Waals surface area (Å²) in [5.74, 6) is 8.64. The predicted octanol–water partition coefficient (Wildman–Crippen LogP) is 1.53. The first-order valence-electron chi connectivity index (χ1n) is 6.46. The molecule has 2 aromatic rings. The smallest absolute Gasteiger partial charge is 0.418 e. The van der Waals surface area contributed by atoms with Crippen LogP contribution in [0, 0.1) is 0 Å². The van der Waals surface area contributed by atoms with Crippen molar-refractivity contribution >= 4 is 12.2 Å². The second-order valence-corrected chi connectivity index (χ2v) is 4.05. The Labute approximate surface area is 133 Å². The largest absolute Gasteiger partial charge is 0.464 e. The molecule has 0 unspecified atom stereocenters. The molecule has 0 fully saturated rings. The Bertz CT molecular complexity index is 513. The Morgan fingerprint density at radius 1 is 0.739 bits per heavy atom. The van der Waals surface area contributed by atoms with Gasteiger partial charge in [0.2, 0.25) is 0 Å². The third-order valence-corrected chi connectivity index (χ3v) is 2.34. The van der Waals surface area contributed by atoms with Gasteiger partial charge >= 0.3 is 12.2 Å². The summed E-state index contributed by atoms with van der Waals surface area (Å²) in [6, 6.07) is 21.1. The van der Waals surface area contributed by atoms with Crippen LogP contribution in [0.1, 0.15) is 11.1 Å². The Morgan fingerprint density at radius 2 is 1.00 bits per heavy atom. The number of rotatable bonds is 2. The monoisotopic (exact) mass is 320 g/mol. The number of hydrogen-bond acceptors (Lipinski definition) is 4. The van der Waals surface area contributed by atoms with Crippen molar-refractivity contribution in [1.82, 2.24) is 10.9 Å². The second-order valence-electron chi connectivity index (χ2n) is 4.05. The molecule has 8 nitrogen and oxygen atoms in total. The van der Waals surface area contributed by atoms with Crippen molar-refractivity contribution in [3.8, 4) is 0 Å². The van der Waals surface area contributed by atoms with Crippen molar-refractivity contribution in [1.29, 1.82) is 0 Å². The predicted molar refractivity (Wildman–Crippen MR) is 86.4 cm³/mol. The number of carbonyl (C=O) groups is 2. The van der Waals surface area contributed by atoms with E-state index >= 15 is 0 Å². The minimum absolute atomic E-state index is 1.03. The van der Waals surface area contributed by atoms with E-state index in [2.05, 4.69) is 72.3 Å². The molecule has 0 saturated heterocycles. The summed E-state index contributed by atoms with van der Waals surface area (Å²) in [6.07, 6.45) is -1.41. The first-order valence-corrected chi connectivity index (χ1v) is 6.46. The highest BCUT2D eigenvalue weighted by Gasteiger charge is 1.92. The van der Waals surface area contributed by atoms with Gasteiger partial charge in [0.05, 0.1) is 0 Å². The molecule has 124 valence electrons. The lowest BCUT2D eigenvalue weighted by Crippen LogP contribution is -2.27. The molecule has 0 radical (unpaired) electrons. The van der Waals surface area contributed by atoms with Crippen molar-refractivity contribution in [2.75, 3.05) is 0 Å². The lowest BCUT2D eigenvalue weighted by atomic mass is 10.1. The standard InChI is InChI=1S/C13H12.2CH4N2O2/c1-3-7-12(8-4-1)11-13-9-5-2-6-10-13;2*2-3-1(4)5/h1-10H,11H2;2*3H,2H2,(H,4,5). The van der Waals surface area contributed by atoms with Crippen LogP contribution >= 0.6 is 0 Å². The van der Waals surface area contributed by atoms with E-state index < -0.39 is 12.2 Å². The third kappa shape index (κ3) is 12.4. The van der Waals surface area contributed by atoms with Crippen LogP contribution in [-0.4, -0.2) is 22.4 Å². The molecule has 0 atom stereocenters. The highest BCUT2D eigenvalue weighted by Crippen LogP contribution is 2.07. The van der Waals surface area contributed by atoms with E-state index in [0.717, 1.165) is 6.42 Å².